The number of aliphatic imine (C=N–C) groups is 1. The van der Waals surface area contributed by atoms with E-state index in [4.69, 9.17) is 0 Å². The first-order chi connectivity index (χ1) is 12.6. The maximum atomic E-state index is 12.1. The lowest BCUT2D eigenvalue weighted by Crippen LogP contribution is -2.46. The summed E-state index contributed by atoms with van der Waals surface area (Å²) in [6.07, 6.45) is 5.72. The van der Waals surface area contributed by atoms with Gasteiger partial charge >= 0.3 is 0 Å². The molecule has 1 aliphatic heterocycles. The largest absolute Gasteiger partial charge is 0.359 e. The predicted molar refractivity (Wildman–Crippen MR) is 102 cm³/mol. The molecule has 1 fully saturated rings. The zero-order valence-corrected chi connectivity index (χ0v) is 15.5. The van der Waals surface area contributed by atoms with Gasteiger partial charge in [-0.1, -0.05) is 0 Å². The molecule has 1 aliphatic rings. The Morgan fingerprint density at radius 2 is 2.08 bits per heavy atom. The number of nitrogens with zero attached hydrogens (tertiary/aromatic N) is 3. The molecule has 0 spiro atoms. The van der Waals surface area contributed by atoms with E-state index in [1.807, 2.05) is 6.92 Å². The van der Waals surface area contributed by atoms with Gasteiger partial charge in [0.1, 0.15) is 6.54 Å². The van der Waals surface area contributed by atoms with Crippen molar-refractivity contribution in [2.45, 2.75) is 26.2 Å². The van der Waals surface area contributed by atoms with Gasteiger partial charge in [-0.15, -0.1) is 0 Å². The molecule has 8 heteroatoms. The fourth-order valence-electron chi connectivity index (χ4n) is 2.92. The monoisotopic (exact) mass is 360 g/mol. The van der Waals surface area contributed by atoms with E-state index >= 15 is 0 Å². The summed E-state index contributed by atoms with van der Waals surface area (Å²) in [5.41, 5.74) is 0.660. The fraction of sp³-hybridized carbons (Fsp3) is 0.556. The average Bonchev–Trinajstić information content (AvgIpc) is 2.66. The third kappa shape index (κ3) is 6.34. The maximum absolute atomic E-state index is 12.1. The van der Waals surface area contributed by atoms with Crippen LogP contribution in [0.2, 0.25) is 0 Å². The van der Waals surface area contributed by atoms with E-state index in [9.17, 15) is 9.59 Å². The number of hydrogen-bond donors (Lipinski definition) is 3. The SMILES string of the molecule is CCNC(=NCC(=O)Nc1cccnc1)N1CCC(CC(=O)NC)CC1. The van der Waals surface area contributed by atoms with Gasteiger partial charge in [-0.2, -0.15) is 0 Å². The number of pyridine rings is 1. The van der Waals surface area contributed by atoms with E-state index in [-0.39, 0.29) is 18.4 Å². The average molecular weight is 360 g/mol. The van der Waals surface area contributed by atoms with Crippen molar-refractivity contribution in [3.63, 3.8) is 0 Å². The Hall–Kier alpha value is -2.64. The molecule has 0 unspecified atom stereocenters. The van der Waals surface area contributed by atoms with Crippen LogP contribution in [0, 0.1) is 5.92 Å². The van der Waals surface area contributed by atoms with Crippen LogP contribution in [-0.2, 0) is 9.59 Å². The summed E-state index contributed by atoms with van der Waals surface area (Å²) in [7, 11) is 1.67. The normalized spacial score (nSPS) is 15.5. The van der Waals surface area contributed by atoms with Crippen LogP contribution in [-0.4, -0.2) is 60.9 Å². The van der Waals surface area contributed by atoms with E-state index in [1.165, 1.54) is 0 Å². The summed E-state index contributed by atoms with van der Waals surface area (Å²) < 4.78 is 0. The Balaban J connectivity index is 1.86. The number of rotatable bonds is 6. The van der Waals surface area contributed by atoms with Gasteiger partial charge in [0.2, 0.25) is 11.8 Å². The zero-order valence-electron chi connectivity index (χ0n) is 15.5. The molecule has 2 rings (SSSR count). The molecule has 2 heterocycles. The number of piperidine rings is 1. The van der Waals surface area contributed by atoms with E-state index in [2.05, 4.69) is 30.8 Å². The molecule has 0 aromatic carbocycles. The molecule has 26 heavy (non-hydrogen) atoms. The molecule has 0 radical (unpaired) electrons. The van der Waals surface area contributed by atoms with Gasteiger partial charge in [-0.05, 0) is 37.8 Å². The summed E-state index contributed by atoms with van der Waals surface area (Å²) in [4.78, 5) is 34.2. The first-order valence-corrected chi connectivity index (χ1v) is 9.06. The molecule has 142 valence electrons. The lowest BCUT2D eigenvalue weighted by molar-refractivity contribution is -0.121. The third-order valence-electron chi connectivity index (χ3n) is 4.32. The number of anilines is 1. The molecule has 0 atom stereocenters. The molecule has 8 nitrogen and oxygen atoms in total. The van der Waals surface area contributed by atoms with Crippen molar-refractivity contribution < 1.29 is 9.59 Å². The number of guanidine groups is 1. The summed E-state index contributed by atoms with van der Waals surface area (Å²) >= 11 is 0. The molecule has 1 aromatic heterocycles. The van der Waals surface area contributed by atoms with Crippen LogP contribution in [0.25, 0.3) is 0 Å². The second-order valence-corrected chi connectivity index (χ2v) is 6.27. The third-order valence-corrected chi connectivity index (χ3v) is 4.32. The van der Waals surface area contributed by atoms with Crippen LogP contribution in [0.5, 0.6) is 0 Å². The smallest absolute Gasteiger partial charge is 0.246 e. The first kappa shape index (κ1) is 19.7. The standard InChI is InChI=1S/C18H28N6O2/c1-3-21-18(22-13-17(26)23-15-5-4-8-20-12-15)24-9-6-14(7-10-24)11-16(25)19-2/h4-5,8,12,14H,3,6-7,9-11,13H2,1-2H3,(H,19,25)(H,21,22)(H,23,26). The minimum absolute atomic E-state index is 0.0510. The molecule has 1 saturated heterocycles. The molecule has 1 aromatic rings. The van der Waals surface area contributed by atoms with Crippen LogP contribution in [0.1, 0.15) is 26.2 Å². The molecule has 0 saturated carbocycles. The summed E-state index contributed by atoms with van der Waals surface area (Å²) in [5.74, 6) is 1.06. The Kier molecular flexibility index (Phi) is 7.85. The van der Waals surface area contributed by atoms with Gasteiger partial charge in [-0.25, -0.2) is 4.99 Å². The predicted octanol–water partition coefficient (Wildman–Crippen LogP) is 0.834. The highest BCUT2D eigenvalue weighted by Crippen LogP contribution is 2.20. The van der Waals surface area contributed by atoms with Gasteiger partial charge in [-0.3, -0.25) is 14.6 Å². The van der Waals surface area contributed by atoms with E-state index in [0.29, 0.717) is 18.0 Å². The van der Waals surface area contributed by atoms with Crippen LogP contribution in [0.4, 0.5) is 5.69 Å². The van der Waals surface area contributed by atoms with E-state index in [0.717, 1.165) is 38.4 Å². The number of amides is 2. The Morgan fingerprint density at radius 1 is 1.31 bits per heavy atom. The molecular formula is C18H28N6O2. The number of aromatic nitrogens is 1. The Morgan fingerprint density at radius 3 is 2.69 bits per heavy atom. The van der Waals surface area contributed by atoms with Crippen LogP contribution >= 0.6 is 0 Å². The fourth-order valence-corrected chi connectivity index (χ4v) is 2.92. The van der Waals surface area contributed by atoms with E-state index < -0.39 is 0 Å². The zero-order chi connectivity index (χ0) is 18.8. The number of likely N-dealkylation sites (tertiary alicyclic amines) is 1. The van der Waals surface area contributed by atoms with Crippen molar-refractivity contribution in [3.05, 3.63) is 24.5 Å². The second kappa shape index (κ2) is 10.4. The Bertz CT molecular complexity index is 611. The van der Waals surface area contributed by atoms with Gasteiger partial charge < -0.3 is 20.9 Å². The minimum Gasteiger partial charge on any atom is -0.359 e. The van der Waals surface area contributed by atoms with Crippen molar-refractivity contribution in [1.29, 1.82) is 0 Å². The van der Waals surface area contributed by atoms with Gasteiger partial charge in [0, 0.05) is 39.3 Å². The van der Waals surface area contributed by atoms with E-state index in [1.54, 1.807) is 31.6 Å². The van der Waals surface area contributed by atoms with Gasteiger partial charge in [0.15, 0.2) is 5.96 Å². The minimum atomic E-state index is -0.178. The summed E-state index contributed by atoms with van der Waals surface area (Å²) in [6.45, 7) is 4.45. The first-order valence-electron chi connectivity index (χ1n) is 9.06. The molecule has 3 N–H and O–H groups in total. The van der Waals surface area contributed by atoms with Crippen LogP contribution < -0.4 is 16.0 Å². The summed E-state index contributed by atoms with van der Waals surface area (Å²) in [6, 6.07) is 3.56. The van der Waals surface area contributed by atoms with Crippen molar-refractivity contribution in [2.75, 3.05) is 38.5 Å². The maximum Gasteiger partial charge on any atom is 0.246 e. The van der Waals surface area contributed by atoms with Crippen LogP contribution in [0.15, 0.2) is 29.5 Å². The lowest BCUT2D eigenvalue weighted by Gasteiger charge is -2.34. The highest BCUT2D eigenvalue weighted by Gasteiger charge is 2.23. The molecule has 0 aliphatic carbocycles. The summed E-state index contributed by atoms with van der Waals surface area (Å²) in [5, 5.41) is 8.70. The highest BCUT2D eigenvalue weighted by atomic mass is 16.2. The molecule has 0 bridgehead atoms. The quantitative estimate of drug-likeness (QED) is 0.516. The second-order valence-electron chi connectivity index (χ2n) is 6.27. The van der Waals surface area contributed by atoms with Crippen LogP contribution in [0.3, 0.4) is 0 Å². The number of nitrogens with one attached hydrogen (secondary N) is 3. The van der Waals surface area contributed by atoms with Gasteiger partial charge in [0.05, 0.1) is 11.9 Å². The topological polar surface area (TPSA) is 98.7 Å². The molecular weight excluding hydrogens is 332 g/mol. The highest BCUT2D eigenvalue weighted by molar-refractivity contribution is 5.93. The van der Waals surface area contributed by atoms with Gasteiger partial charge in [0.25, 0.3) is 0 Å². The van der Waals surface area contributed by atoms with Crippen molar-refractivity contribution >= 4 is 23.5 Å². The number of hydrogen-bond acceptors (Lipinski definition) is 4. The lowest BCUT2D eigenvalue weighted by atomic mass is 9.93. The molecule has 2 amide bonds. The van der Waals surface area contributed by atoms with Crippen molar-refractivity contribution in [2.24, 2.45) is 10.9 Å². The number of carbonyl (C=O) groups excluding carboxylic acids is 2. The Labute approximate surface area is 154 Å². The van der Waals surface area contributed by atoms with Crippen molar-refractivity contribution in [3.8, 4) is 0 Å². The van der Waals surface area contributed by atoms with Crippen molar-refractivity contribution in [1.82, 2.24) is 20.5 Å². The number of carbonyl (C=O) groups is 2.